The first kappa shape index (κ1) is 21.2. The third-order valence-corrected chi connectivity index (χ3v) is 5.20. The fourth-order valence-corrected chi connectivity index (χ4v) is 3.41. The second-order valence-corrected chi connectivity index (χ2v) is 7.22. The van der Waals surface area contributed by atoms with Crippen molar-refractivity contribution in [3.63, 3.8) is 0 Å². The second-order valence-electron chi connectivity index (χ2n) is 7.22. The molecule has 1 heterocycles. The highest BCUT2D eigenvalue weighted by atomic mass is 16.5. The van der Waals surface area contributed by atoms with E-state index in [-0.39, 0.29) is 23.9 Å². The maximum absolute atomic E-state index is 12.8. The summed E-state index contributed by atoms with van der Waals surface area (Å²) in [6.45, 7) is 1.67. The van der Waals surface area contributed by atoms with E-state index in [2.05, 4.69) is 0 Å². The second kappa shape index (κ2) is 8.98. The van der Waals surface area contributed by atoms with Crippen molar-refractivity contribution in [2.24, 2.45) is 0 Å². The lowest BCUT2D eigenvalue weighted by Crippen LogP contribution is -2.12. The summed E-state index contributed by atoms with van der Waals surface area (Å²) in [5.41, 5.74) is 2.44. The lowest BCUT2D eigenvalue weighted by molar-refractivity contribution is 0.0920. The van der Waals surface area contributed by atoms with Crippen LogP contribution in [0.3, 0.4) is 0 Å². The standard InChI is InChI=1S/C26H22O6/c1-16-23(31-15-22(27)18-7-9-19(29-2)10-8-18)12-11-21-25(28)24(32-26(16)21)14-17-5-4-6-20(13-17)30-3/h4-14H,15H2,1-3H3/b24-14-. The monoisotopic (exact) mass is 430 g/mol. The van der Waals surface area contributed by atoms with Crippen LogP contribution in [0.4, 0.5) is 0 Å². The van der Waals surface area contributed by atoms with Crippen LogP contribution in [0.15, 0.2) is 66.4 Å². The quantitative estimate of drug-likeness (QED) is 0.393. The van der Waals surface area contributed by atoms with Gasteiger partial charge in [0.15, 0.2) is 18.1 Å². The SMILES string of the molecule is COc1ccc(C(=O)COc2ccc3c(c2C)O/C(=C\c2cccc(OC)c2)C3=O)cc1. The van der Waals surface area contributed by atoms with E-state index in [1.807, 2.05) is 24.3 Å². The molecule has 0 saturated heterocycles. The van der Waals surface area contributed by atoms with Crippen molar-refractivity contribution < 1.29 is 28.5 Å². The number of hydrogen-bond donors (Lipinski definition) is 0. The molecule has 3 aromatic carbocycles. The first-order valence-corrected chi connectivity index (χ1v) is 10.0. The van der Waals surface area contributed by atoms with Gasteiger partial charge in [-0.2, -0.15) is 0 Å². The van der Waals surface area contributed by atoms with Crippen molar-refractivity contribution in [2.45, 2.75) is 6.92 Å². The van der Waals surface area contributed by atoms with Crippen molar-refractivity contribution in [3.05, 3.63) is 88.7 Å². The summed E-state index contributed by atoms with van der Waals surface area (Å²) in [4.78, 5) is 25.2. The number of carbonyl (C=O) groups excluding carboxylic acids is 2. The number of rotatable bonds is 7. The predicted molar refractivity (Wildman–Crippen MR) is 120 cm³/mol. The highest BCUT2D eigenvalue weighted by molar-refractivity contribution is 6.15. The van der Waals surface area contributed by atoms with Crippen molar-refractivity contribution in [1.82, 2.24) is 0 Å². The predicted octanol–water partition coefficient (Wildman–Crippen LogP) is 4.89. The number of ketones is 2. The van der Waals surface area contributed by atoms with Gasteiger partial charge >= 0.3 is 0 Å². The van der Waals surface area contributed by atoms with E-state index in [0.717, 1.165) is 5.56 Å². The average Bonchev–Trinajstić information content (AvgIpc) is 3.14. The average molecular weight is 430 g/mol. The number of methoxy groups -OCH3 is 2. The molecule has 0 fully saturated rings. The molecule has 0 saturated carbocycles. The molecule has 0 spiro atoms. The Balaban J connectivity index is 1.50. The maximum Gasteiger partial charge on any atom is 0.231 e. The van der Waals surface area contributed by atoms with Crippen molar-refractivity contribution in [2.75, 3.05) is 20.8 Å². The van der Waals surface area contributed by atoms with Crippen LogP contribution < -0.4 is 18.9 Å². The smallest absolute Gasteiger partial charge is 0.231 e. The van der Waals surface area contributed by atoms with Gasteiger partial charge in [-0.25, -0.2) is 0 Å². The number of carbonyl (C=O) groups is 2. The van der Waals surface area contributed by atoms with Crippen LogP contribution in [0.5, 0.6) is 23.0 Å². The van der Waals surface area contributed by atoms with Crippen molar-refractivity contribution in [3.8, 4) is 23.0 Å². The Hall–Kier alpha value is -4.06. The van der Waals surface area contributed by atoms with Crippen molar-refractivity contribution in [1.29, 1.82) is 0 Å². The molecule has 0 atom stereocenters. The van der Waals surface area contributed by atoms with Gasteiger partial charge in [0.1, 0.15) is 23.0 Å². The summed E-state index contributed by atoms with van der Waals surface area (Å²) < 4.78 is 22.0. The molecule has 6 heteroatoms. The fraction of sp³-hybridized carbons (Fsp3) is 0.154. The third kappa shape index (κ3) is 4.21. The van der Waals surface area contributed by atoms with Gasteiger partial charge in [0, 0.05) is 11.1 Å². The van der Waals surface area contributed by atoms with Crippen LogP contribution in [0.2, 0.25) is 0 Å². The Bertz CT molecular complexity index is 1210. The van der Waals surface area contributed by atoms with Gasteiger partial charge in [-0.15, -0.1) is 0 Å². The van der Waals surface area contributed by atoms with Crippen LogP contribution >= 0.6 is 0 Å². The van der Waals surface area contributed by atoms with Crippen molar-refractivity contribution >= 4 is 17.6 Å². The summed E-state index contributed by atoms with van der Waals surface area (Å²) in [5.74, 6) is 2.16. The molecule has 0 aliphatic carbocycles. The molecule has 1 aliphatic heterocycles. The van der Waals surface area contributed by atoms with E-state index in [1.54, 1.807) is 63.6 Å². The Morgan fingerprint density at radius 3 is 2.44 bits per heavy atom. The molecule has 3 aromatic rings. The minimum atomic E-state index is -0.202. The van der Waals surface area contributed by atoms with Gasteiger partial charge in [0.2, 0.25) is 5.78 Å². The summed E-state index contributed by atoms with van der Waals surface area (Å²) in [5, 5.41) is 0. The minimum absolute atomic E-state index is 0.133. The lowest BCUT2D eigenvalue weighted by Gasteiger charge is -2.11. The molecule has 0 amide bonds. The molecule has 4 rings (SSSR count). The molecule has 0 unspecified atom stereocenters. The molecular weight excluding hydrogens is 408 g/mol. The highest BCUT2D eigenvalue weighted by Crippen LogP contribution is 2.39. The van der Waals surface area contributed by atoms with E-state index in [1.165, 1.54) is 0 Å². The van der Waals surface area contributed by atoms with Crippen LogP contribution in [-0.4, -0.2) is 32.4 Å². The minimum Gasteiger partial charge on any atom is -0.497 e. The summed E-state index contributed by atoms with van der Waals surface area (Å²) in [6.07, 6.45) is 1.68. The molecule has 6 nitrogen and oxygen atoms in total. The number of Topliss-reactive ketones (excluding diaryl/α,β-unsaturated/α-hetero) is 2. The van der Waals surface area contributed by atoms with E-state index >= 15 is 0 Å². The van der Waals surface area contributed by atoms with Crippen LogP contribution in [0, 0.1) is 6.92 Å². The molecular formula is C26H22O6. The van der Waals surface area contributed by atoms with E-state index in [0.29, 0.717) is 39.7 Å². The van der Waals surface area contributed by atoms with Gasteiger partial charge in [0.05, 0.1) is 19.8 Å². The summed E-state index contributed by atoms with van der Waals surface area (Å²) >= 11 is 0. The van der Waals surface area contributed by atoms with Crippen LogP contribution in [0.25, 0.3) is 6.08 Å². The van der Waals surface area contributed by atoms with E-state index in [9.17, 15) is 9.59 Å². The maximum atomic E-state index is 12.8. The first-order valence-electron chi connectivity index (χ1n) is 10.0. The van der Waals surface area contributed by atoms with Crippen LogP contribution in [0.1, 0.15) is 31.8 Å². The Morgan fingerprint density at radius 1 is 0.969 bits per heavy atom. The zero-order valence-corrected chi connectivity index (χ0v) is 18.0. The zero-order chi connectivity index (χ0) is 22.7. The number of fused-ring (bicyclic) bond motifs is 1. The van der Waals surface area contributed by atoms with E-state index < -0.39 is 0 Å². The van der Waals surface area contributed by atoms with Gasteiger partial charge in [0.25, 0.3) is 0 Å². The molecule has 32 heavy (non-hydrogen) atoms. The first-order chi connectivity index (χ1) is 15.5. The summed E-state index contributed by atoms with van der Waals surface area (Å²) in [6, 6.07) is 17.5. The number of hydrogen-bond acceptors (Lipinski definition) is 6. The molecule has 0 radical (unpaired) electrons. The zero-order valence-electron chi connectivity index (χ0n) is 18.0. The molecule has 1 aliphatic rings. The van der Waals surface area contributed by atoms with Gasteiger partial charge in [-0.1, -0.05) is 12.1 Å². The number of ether oxygens (including phenoxy) is 4. The molecule has 0 bridgehead atoms. The largest absolute Gasteiger partial charge is 0.497 e. The van der Waals surface area contributed by atoms with Crippen LogP contribution in [-0.2, 0) is 0 Å². The molecule has 0 N–H and O–H groups in total. The number of benzene rings is 3. The van der Waals surface area contributed by atoms with Gasteiger partial charge < -0.3 is 18.9 Å². The Labute approximate surface area is 186 Å². The third-order valence-electron chi connectivity index (χ3n) is 5.20. The highest BCUT2D eigenvalue weighted by Gasteiger charge is 2.30. The summed E-state index contributed by atoms with van der Waals surface area (Å²) in [7, 11) is 3.16. The Morgan fingerprint density at radius 2 is 1.72 bits per heavy atom. The normalized spacial score (nSPS) is 13.5. The van der Waals surface area contributed by atoms with E-state index in [4.69, 9.17) is 18.9 Å². The molecule has 0 aromatic heterocycles. The lowest BCUT2D eigenvalue weighted by atomic mass is 10.1. The molecule has 162 valence electrons. The van der Waals surface area contributed by atoms with Gasteiger partial charge in [-0.05, 0) is 67.1 Å². The van der Waals surface area contributed by atoms with Gasteiger partial charge in [-0.3, -0.25) is 9.59 Å². The Kier molecular flexibility index (Phi) is 5.94. The fourth-order valence-electron chi connectivity index (χ4n) is 3.41. The number of allylic oxidation sites excluding steroid dienone is 1. The topological polar surface area (TPSA) is 71.1 Å².